The third-order valence-corrected chi connectivity index (χ3v) is 7.33. The molecular weight excluding hydrogens is 442 g/mol. The van der Waals surface area contributed by atoms with Crippen LogP contribution in [0.2, 0.25) is 0 Å². The van der Waals surface area contributed by atoms with E-state index in [0.717, 1.165) is 44.7 Å². The minimum Gasteiger partial charge on any atom is -0.351 e. The molecule has 1 atom stereocenters. The van der Waals surface area contributed by atoms with Gasteiger partial charge in [0.25, 0.3) is 11.8 Å². The molecule has 0 spiro atoms. The van der Waals surface area contributed by atoms with Crippen LogP contribution in [-0.2, 0) is 11.3 Å². The molecule has 8 nitrogen and oxygen atoms in total. The van der Waals surface area contributed by atoms with Gasteiger partial charge in [-0.1, -0.05) is 24.3 Å². The average Bonchev–Trinajstić information content (AvgIpc) is 3.35. The highest BCUT2D eigenvalue weighted by molar-refractivity contribution is 6.11. The van der Waals surface area contributed by atoms with Crippen LogP contribution in [0.5, 0.6) is 0 Å². The van der Waals surface area contributed by atoms with Gasteiger partial charge in [-0.2, -0.15) is 0 Å². The fourth-order valence-electron chi connectivity index (χ4n) is 5.27. The molecule has 3 heterocycles. The number of carbonyl (C=O) groups excluding carboxylic acids is 3. The van der Waals surface area contributed by atoms with E-state index in [9.17, 15) is 14.4 Å². The molecule has 1 N–H and O–H groups in total. The first kappa shape index (κ1) is 23.5. The number of amides is 3. The molecule has 5 rings (SSSR count). The maximum Gasteiger partial charge on any atom is 0.256 e. The Kier molecular flexibility index (Phi) is 6.83. The lowest BCUT2D eigenvalue weighted by Gasteiger charge is -2.32. The van der Waals surface area contributed by atoms with Crippen LogP contribution in [-0.4, -0.2) is 91.3 Å². The molecule has 0 bridgehead atoms. The molecule has 2 aromatic carbocycles. The van der Waals surface area contributed by atoms with Crippen LogP contribution in [0.4, 0.5) is 5.69 Å². The highest BCUT2D eigenvalue weighted by Gasteiger charge is 2.41. The number of carbonyl (C=O) groups is 3. The maximum atomic E-state index is 13.5. The molecule has 0 unspecified atom stereocenters. The van der Waals surface area contributed by atoms with Gasteiger partial charge in [0, 0.05) is 51.4 Å². The number of hydrogen-bond donors (Lipinski definition) is 1. The zero-order valence-corrected chi connectivity index (χ0v) is 20.3. The molecule has 184 valence electrons. The van der Waals surface area contributed by atoms with Crippen molar-refractivity contribution in [3.05, 3.63) is 65.2 Å². The van der Waals surface area contributed by atoms with Gasteiger partial charge in [0.05, 0.1) is 17.8 Å². The third-order valence-electron chi connectivity index (χ3n) is 7.33. The monoisotopic (exact) mass is 475 g/mol. The van der Waals surface area contributed by atoms with Gasteiger partial charge in [-0.15, -0.1) is 0 Å². The van der Waals surface area contributed by atoms with Gasteiger partial charge >= 0.3 is 0 Å². The molecular formula is C27H33N5O3. The molecule has 8 heteroatoms. The first-order valence-electron chi connectivity index (χ1n) is 12.5. The van der Waals surface area contributed by atoms with Crippen molar-refractivity contribution < 1.29 is 14.4 Å². The molecule has 2 fully saturated rings. The Hall–Kier alpha value is -3.23. The number of nitrogens with zero attached hydrogens (tertiary/aromatic N) is 4. The molecule has 0 aromatic heterocycles. The van der Waals surface area contributed by atoms with E-state index in [1.54, 1.807) is 21.9 Å². The Morgan fingerprint density at radius 1 is 1.00 bits per heavy atom. The predicted molar refractivity (Wildman–Crippen MR) is 134 cm³/mol. The number of anilines is 1. The van der Waals surface area contributed by atoms with Crippen molar-refractivity contribution in [3.63, 3.8) is 0 Å². The Bertz CT molecular complexity index is 1110. The molecule has 2 aromatic rings. The molecule has 0 radical (unpaired) electrons. The molecule has 0 saturated carbocycles. The van der Waals surface area contributed by atoms with Crippen LogP contribution >= 0.6 is 0 Å². The lowest BCUT2D eigenvalue weighted by atomic mass is 10.1. The molecule has 3 aliphatic heterocycles. The second-order valence-electron chi connectivity index (χ2n) is 9.70. The van der Waals surface area contributed by atoms with Gasteiger partial charge in [0.2, 0.25) is 5.91 Å². The van der Waals surface area contributed by atoms with Crippen molar-refractivity contribution >= 4 is 23.4 Å². The van der Waals surface area contributed by atoms with Crippen LogP contribution in [0.15, 0.2) is 48.5 Å². The van der Waals surface area contributed by atoms with E-state index in [-0.39, 0.29) is 17.7 Å². The summed E-state index contributed by atoms with van der Waals surface area (Å²) in [5, 5.41) is 3.03. The molecule has 35 heavy (non-hydrogen) atoms. The van der Waals surface area contributed by atoms with Crippen LogP contribution in [0.25, 0.3) is 0 Å². The van der Waals surface area contributed by atoms with Gasteiger partial charge in [0.1, 0.15) is 6.04 Å². The summed E-state index contributed by atoms with van der Waals surface area (Å²) in [6.45, 7) is 6.52. The Morgan fingerprint density at radius 3 is 2.63 bits per heavy atom. The van der Waals surface area contributed by atoms with Crippen molar-refractivity contribution in [2.24, 2.45) is 0 Å². The van der Waals surface area contributed by atoms with Crippen molar-refractivity contribution in [2.45, 2.75) is 25.4 Å². The number of piperazine rings is 1. The fraction of sp³-hybridized carbons (Fsp3) is 0.444. The van der Waals surface area contributed by atoms with E-state index in [1.165, 1.54) is 0 Å². The van der Waals surface area contributed by atoms with Gasteiger partial charge in [0.15, 0.2) is 0 Å². The van der Waals surface area contributed by atoms with E-state index in [0.29, 0.717) is 42.9 Å². The summed E-state index contributed by atoms with van der Waals surface area (Å²) in [4.78, 5) is 47.6. The summed E-state index contributed by atoms with van der Waals surface area (Å²) >= 11 is 0. The summed E-state index contributed by atoms with van der Waals surface area (Å²) in [5.41, 5.74) is 2.63. The number of hydrogen-bond acceptors (Lipinski definition) is 5. The second-order valence-corrected chi connectivity index (χ2v) is 9.70. The van der Waals surface area contributed by atoms with E-state index < -0.39 is 6.04 Å². The van der Waals surface area contributed by atoms with E-state index in [1.807, 2.05) is 36.4 Å². The smallest absolute Gasteiger partial charge is 0.256 e. The van der Waals surface area contributed by atoms with Gasteiger partial charge in [-0.25, -0.2) is 0 Å². The summed E-state index contributed by atoms with van der Waals surface area (Å²) in [5.74, 6) is -0.240. The van der Waals surface area contributed by atoms with Gasteiger partial charge in [-0.3, -0.25) is 19.3 Å². The third kappa shape index (κ3) is 4.94. The Balaban J connectivity index is 1.28. The Morgan fingerprint density at radius 2 is 1.80 bits per heavy atom. The average molecular weight is 476 g/mol. The SMILES string of the molecule is CN1CCN(CCNC(=O)c2cccc(CN3C(=O)[C@H]4CCCN4C(=O)c4ccccc43)c2)CC1. The number of benzene rings is 2. The summed E-state index contributed by atoms with van der Waals surface area (Å²) < 4.78 is 0. The number of likely N-dealkylation sites (N-methyl/N-ethyl adjacent to an activating group) is 1. The molecule has 3 amide bonds. The highest BCUT2D eigenvalue weighted by Crippen LogP contribution is 2.33. The number of fused-ring (bicyclic) bond motifs is 2. The first-order chi connectivity index (χ1) is 17.0. The van der Waals surface area contributed by atoms with Crippen LogP contribution in [0.3, 0.4) is 0 Å². The molecule has 3 aliphatic rings. The first-order valence-corrected chi connectivity index (χ1v) is 12.5. The largest absolute Gasteiger partial charge is 0.351 e. The standard InChI is InChI=1S/C27H33N5O3/c1-29-14-16-30(17-15-29)13-11-28-25(33)21-7-4-6-20(18-21)19-32-23-9-3-2-8-22(23)26(34)31-12-5-10-24(31)27(32)35/h2-4,6-9,18,24H,5,10-17,19H2,1H3,(H,28,33)/t24-/m1/s1. The number of nitrogens with one attached hydrogen (secondary N) is 1. The summed E-state index contributed by atoms with van der Waals surface area (Å²) in [7, 11) is 2.13. The molecule has 0 aliphatic carbocycles. The number of rotatable bonds is 6. The minimum absolute atomic E-state index is 0.0529. The van der Waals surface area contributed by atoms with Crippen molar-refractivity contribution in [3.8, 4) is 0 Å². The van der Waals surface area contributed by atoms with Gasteiger partial charge < -0.3 is 20.0 Å². The van der Waals surface area contributed by atoms with Crippen molar-refractivity contribution in [2.75, 3.05) is 57.8 Å². The number of para-hydroxylation sites is 1. The zero-order valence-electron chi connectivity index (χ0n) is 20.3. The molecule has 2 saturated heterocycles. The lowest BCUT2D eigenvalue weighted by molar-refractivity contribution is -0.122. The normalized spacial score (nSPS) is 21.0. The minimum atomic E-state index is -0.420. The highest BCUT2D eigenvalue weighted by atomic mass is 16.2. The van der Waals surface area contributed by atoms with Crippen LogP contribution in [0, 0.1) is 0 Å². The van der Waals surface area contributed by atoms with Crippen LogP contribution in [0.1, 0.15) is 39.1 Å². The fourth-order valence-corrected chi connectivity index (χ4v) is 5.27. The van der Waals surface area contributed by atoms with E-state index >= 15 is 0 Å². The lowest BCUT2D eigenvalue weighted by Crippen LogP contribution is -2.46. The maximum absolute atomic E-state index is 13.5. The van der Waals surface area contributed by atoms with E-state index in [2.05, 4.69) is 22.2 Å². The quantitative estimate of drug-likeness (QED) is 0.690. The summed E-state index contributed by atoms with van der Waals surface area (Å²) in [6, 6.07) is 14.3. The van der Waals surface area contributed by atoms with Gasteiger partial charge in [-0.05, 0) is 49.7 Å². The topological polar surface area (TPSA) is 76.2 Å². The summed E-state index contributed by atoms with van der Waals surface area (Å²) in [6.07, 6.45) is 1.52. The Labute approximate surface area is 206 Å². The van der Waals surface area contributed by atoms with E-state index in [4.69, 9.17) is 0 Å². The van der Waals surface area contributed by atoms with Crippen LogP contribution < -0.4 is 10.2 Å². The second kappa shape index (κ2) is 10.2. The van der Waals surface area contributed by atoms with Crippen molar-refractivity contribution in [1.82, 2.24) is 20.0 Å². The van der Waals surface area contributed by atoms with Crippen molar-refractivity contribution in [1.29, 1.82) is 0 Å². The zero-order chi connectivity index (χ0) is 24.4. The predicted octanol–water partition coefficient (Wildman–Crippen LogP) is 1.82.